The summed E-state index contributed by atoms with van der Waals surface area (Å²) in [7, 11) is 0. The van der Waals surface area contributed by atoms with Crippen LogP contribution >= 0.6 is 11.6 Å². The van der Waals surface area contributed by atoms with Gasteiger partial charge in [0, 0.05) is 50.9 Å². The highest BCUT2D eigenvalue weighted by atomic mass is 35.5. The van der Waals surface area contributed by atoms with Crippen molar-refractivity contribution >= 4 is 23.5 Å². The first-order chi connectivity index (χ1) is 22.1. The number of rotatable bonds is 14. The van der Waals surface area contributed by atoms with Crippen LogP contribution in [0.25, 0.3) is 0 Å². The van der Waals surface area contributed by atoms with Crippen LogP contribution < -0.4 is 9.64 Å². The number of benzene rings is 1. The van der Waals surface area contributed by atoms with Crippen molar-refractivity contribution in [1.29, 1.82) is 0 Å². The molecule has 14 heteroatoms. The molecule has 6 rings (SSSR count). The number of aliphatic hydroxyl groups excluding tert-OH is 5. The quantitative estimate of drug-likeness (QED) is 0.183. The van der Waals surface area contributed by atoms with E-state index < -0.39 is 36.8 Å². The van der Waals surface area contributed by atoms with Gasteiger partial charge in [-0.15, -0.1) is 0 Å². The number of ether oxygens (including phenoxy) is 1. The molecule has 5 heterocycles. The maximum Gasteiger partial charge on any atom is 0.227 e. The van der Waals surface area contributed by atoms with E-state index in [1.54, 1.807) is 29.4 Å². The number of fused-ring (bicyclic) bond motifs is 3. The van der Waals surface area contributed by atoms with Crippen LogP contribution in [0, 0.1) is 11.7 Å². The lowest BCUT2D eigenvalue weighted by Gasteiger charge is -2.52. The van der Waals surface area contributed by atoms with Gasteiger partial charge in [-0.05, 0) is 56.1 Å². The first-order valence-corrected chi connectivity index (χ1v) is 16.5. The first-order valence-electron chi connectivity index (χ1n) is 16.1. The SMILES string of the molecule is O=C(Cc1ccc(OCCCC2CCN(c3ncc(Cl)cn3)CC2)cc1F)N1CC2CCC1CN2C[C@H](O)[C@@H](O)[C@H](O)[C@H](O)CO. The van der Waals surface area contributed by atoms with Gasteiger partial charge in [-0.1, -0.05) is 17.7 Å². The summed E-state index contributed by atoms with van der Waals surface area (Å²) in [6.07, 6.45) is 2.50. The molecule has 46 heavy (non-hydrogen) atoms. The predicted molar refractivity (Wildman–Crippen MR) is 168 cm³/mol. The highest BCUT2D eigenvalue weighted by molar-refractivity contribution is 6.30. The van der Waals surface area contributed by atoms with E-state index in [9.17, 15) is 25.2 Å². The summed E-state index contributed by atoms with van der Waals surface area (Å²) in [5.41, 5.74) is 0.307. The molecule has 2 unspecified atom stereocenters. The van der Waals surface area contributed by atoms with Gasteiger partial charge in [0.25, 0.3) is 0 Å². The zero-order chi connectivity index (χ0) is 32.8. The average molecular weight is 666 g/mol. The van der Waals surface area contributed by atoms with Crippen molar-refractivity contribution in [2.24, 2.45) is 5.92 Å². The van der Waals surface area contributed by atoms with Crippen molar-refractivity contribution < 1.29 is 39.5 Å². The van der Waals surface area contributed by atoms with Crippen LogP contribution in [0.4, 0.5) is 10.3 Å². The molecule has 6 atom stereocenters. The van der Waals surface area contributed by atoms with Gasteiger partial charge in [-0.2, -0.15) is 0 Å². The average Bonchev–Trinajstić information content (AvgIpc) is 3.07. The second-order valence-electron chi connectivity index (χ2n) is 12.7. The van der Waals surface area contributed by atoms with Crippen molar-refractivity contribution in [2.75, 3.05) is 50.8 Å². The number of hydrogen-bond donors (Lipinski definition) is 5. The van der Waals surface area contributed by atoms with E-state index in [1.165, 1.54) is 6.07 Å². The standard InChI is InChI=1S/C32H45ClFN5O7/c33-22-14-35-32(36-15-22)37-9-7-20(8-10-37)2-1-11-46-25-6-3-21(26(34)13-25)12-29(43)39-17-23-4-5-24(39)16-38(23)18-27(41)30(44)31(45)28(42)19-40/h3,6,13-15,20,23-24,27-28,30-31,40-42,44-45H,1-2,4-5,7-12,16-19H2/t23?,24?,27-,28+,30+,31+/m0/s1. The molecule has 0 spiro atoms. The van der Waals surface area contributed by atoms with Crippen LogP contribution in [-0.2, 0) is 11.2 Å². The molecule has 2 bridgehead atoms. The number of piperazine rings is 1. The van der Waals surface area contributed by atoms with Crippen LogP contribution in [0.2, 0.25) is 5.02 Å². The molecular formula is C32H45ClFN5O7. The summed E-state index contributed by atoms with van der Waals surface area (Å²) in [5.74, 6) is 1.08. The van der Waals surface area contributed by atoms with Crippen LogP contribution in [0.3, 0.4) is 0 Å². The Balaban J connectivity index is 1.02. The number of piperidine rings is 3. The van der Waals surface area contributed by atoms with Crippen LogP contribution in [0.5, 0.6) is 5.75 Å². The Hall–Kier alpha value is -2.65. The molecule has 4 aliphatic heterocycles. The Morgan fingerprint density at radius 1 is 1.00 bits per heavy atom. The maximum absolute atomic E-state index is 15.0. The van der Waals surface area contributed by atoms with Crippen LogP contribution in [0.15, 0.2) is 30.6 Å². The molecule has 12 nitrogen and oxygen atoms in total. The lowest BCUT2D eigenvalue weighted by Crippen LogP contribution is -2.65. The Labute approximate surface area is 273 Å². The normalized spacial score (nSPS) is 23.3. The van der Waals surface area contributed by atoms with Crippen molar-refractivity contribution in [1.82, 2.24) is 19.8 Å². The van der Waals surface area contributed by atoms with Gasteiger partial charge < -0.3 is 40.1 Å². The van der Waals surface area contributed by atoms with Crippen molar-refractivity contribution in [2.45, 2.75) is 81.4 Å². The second kappa shape index (κ2) is 16.0. The Bertz CT molecular complexity index is 1290. The molecule has 254 valence electrons. The van der Waals surface area contributed by atoms with E-state index in [1.807, 2.05) is 4.90 Å². The Morgan fingerprint density at radius 3 is 2.35 bits per heavy atom. The van der Waals surface area contributed by atoms with Gasteiger partial charge in [-0.3, -0.25) is 9.69 Å². The van der Waals surface area contributed by atoms with E-state index in [0.29, 0.717) is 47.9 Å². The highest BCUT2D eigenvalue weighted by Gasteiger charge is 2.42. The van der Waals surface area contributed by atoms with Gasteiger partial charge in [0.05, 0.1) is 43.2 Å². The minimum atomic E-state index is -1.68. The van der Waals surface area contributed by atoms with E-state index in [-0.39, 0.29) is 31.0 Å². The van der Waals surface area contributed by atoms with Crippen LogP contribution in [-0.4, -0.2) is 134 Å². The number of carbonyl (C=O) groups excluding carboxylic acids is 1. The number of nitrogens with zero attached hydrogens (tertiary/aromatic N) is 5. The van der Waals surface area contributed by atoms with E-state index in [0.717, 1.165) is 51.6 Å². The summed E-state index contributed by atoms with van der Waals surface area (Å²) >= 11 is 5.88. The molecule has 0 radical (unpaired) electrons. The number of aromatic nitrogens is 2. The smallest absolute Gasteiger partial charge is 0.227 e. The summed E-state index contributed by atoms with van der Waals surface area (Å²) in [6, 6.07) is 4.48. The van der Waals surface area contributed by atoms with Crippen molar-refractivity contribution in [3.63, 3.8) is 0 Å². The first kappa shape index (κ1) is 34.7. The second-order valence-corrected chi connectivity index (χ2v) is 13.2. The van der Waals surface area contributed by atoms with Crippen molar-refractivity contribution in [3.8, 4) is 5.75 Å². The fraction of sp³-hybridized carbons (Fsp3) is 0.656. The summed E-state index contributed by atoms with van der Waals surface area (Å²) < 4.78 is 20.8. The fourth-order valence-electron chi connectivity index (χ4n) is 6.83. The number of halogens is 2. The monoisotopic (exact) mass is 665 g/mol. The molecule has 1 amide bonds. The third-order valence-electron chi connectivity index (χ3n) is 9.61. The zero-order valence-corrected chi connectivity index (χ0v) is 26.6. The third kappa shape index (κ3) is 8.62. The zero-order valence-electron chi connectivity index (χ0n) is 25.9. The van der Waals surface area contributed by atoms with Crippen molar-refractivity contribution in [3.05, 3.63) is 47.0 Å². The molecule has 0 saturated carbocycles. The Kier molecular flexibility index (Phi) is 12.0. The van der Waals surface area contributed by atoms with E-state index in [4.69, 9.17) is 21.4 Å². The minimum Gasteiger partial charge on any atom is -0.493 e. The molecule has 4 saturated heterocycles. The van der Waals surface area contributed by atoms with Gasteiger partial charge in [0.2, 0.25) is 11.9 Å². The number of hydrogen-bond acceptors (Lipinski definition) is 11. The lowest BCUT2D eigenvalue weighted by atomic mass is 9.89. The molecule has 5 N–H and O–H groups in total. The summed E-state index contributed by atoms with van der Waals surface area (Å²) in [6.45, 7) is 2.48. The number of carbonyl (C=O) groups is 1. The third-order valence-corrected chi connectivity index (χ3v) is 9.80. The molecular weight excluding hydrogens is 621 g/mol. The predicted octanol–water partition coefficient (Wildman–Crippen LogP) is 0.998. The Morgan fingerprint density at radius 2 is 1.70 bits per heavy atom. The highest BCUT2D eigenvalue weighted by Crippen LogP contribution is 2.31. The van der Waals surface area contributed by atoms with Gasteiger partial charge in [0.15, 0.2) is 0 Å². The maximum atomic E-state index is 15.0. The minimum absolute atomic E-state index is 0.0503. The van der Waals surface area contributed by atoms with E-state index >= 15 is 4.39 Å². The summed E-state index contributed by atoms with van der Waals surface area (Å²) in [5, 5.41) is 49.6. The molecule has 2 aromatic rings. The molecule has 1 aromatic heterocycles. The number of aliphatic hydroxyl groups is 5. The number of anilines is 1. The largest absolute Gasteiger partial charge is 0.493 e. The lowest BCUT2D eigenvalue weighted by molar-refractivity contribution is -0.146. The molecule has 4 fully saturated rings. The summed E-state index contributed by atoms with van der Waals surface area (Å²) in [4.78, 5) is 27.7. The molecule has 1 aromatic carbocycles. The molecule has 4 aliphatic rings. The fourth-order valence-corrected chi connectivity index (χ4v) is 6.93. The van der Waals surface area contributed by atoms with Gasteiger partial charge >= 0.3 is 0 Å². The van der Waals surface area contributed by atoms with E-state index in [2.05, 4.69) is 14.9 Å². The molecule has 0 aliphatic carbocycles. The topological polar surface area (TPSA) is 163 Å². The van der Waals surface area contributed by atoms with Crippen LogP contribution in [0.1, 0.15) is 44.1 Å². The number of amides is 1. The van der Waals surface area contributed by atoms with Gasteiger partial charge in [-0.25, -0.2) is 14.4 Å². The van der Waals surface area contributed by atoms with Gasteiger partial charge in [0.1, 0.15) is 29.9 Å².